The molecule has 12 nitrogen and oxygen atoms in total. The summed E-state index contributed by atoms with van der Waals surface area (Å²) >= 11 is 0. The van der Waals surface area contributed by atoms with Crippen molar-refractivity contribution in [1.29, 1.82) is 0 Å². The Balaban J connectivity index is 2.46. The van der Waals surface area contributed by atoms with Crippen LogP contribution in [-0.4, -0.2) is 95.4 Å². The first kappa shape index (κ1) is 51.9. The molecular weight excluding hydrogens is 727 g/mol. The minimum Gasteiger partial charge on any atom is -0.394 e. The lowest BCUT2D eigenvalue weighted by molar-refractivity contribution is -0.298. The fourth-order valence-electron chi connectivity index (χ4n) is 7.10. The molecule has 0 aromatic carbocycles. The highest BCUT2D eigenvalue weighted by atomic mass is 32.3. The maximum absolute atomic E-state index is 13.0. The van der Waals surface area contributed by atoms with Gasteiger partial charge in [-0.05, 0) is 38.5 Å². The average molecular weight is 808 g/mol. The molecule has 0 saturated carbocycles. The quantitative estimate of drug-likeness (QED) is 0.0203. The van der Waals surface area contributed by atoms with E-state index in [1.54, 1.807) is 0 Å². The predicted molar refractivity (Wildman–Crippen MR) is 218 cm³/mol. The van der Waals surface area contributed by atoms with Crippen LogP contribution in [0.2, 0.25) is 0 Å². The SMILES string of the molecule is CCCCCCCCCC/C=C\CCCCCCCCCC(=O)NC(COC1OC(CO)C(O)C(OS(=O)(=O)O)C1O)C(O)CCCCCCCCCCC. The van der Waals surface area contributed by atoms with Crippen LogP contribution in [0.1, 0.15) is 194 Å². The van der Waals surface area contributed by atoms with Gasteiger partial charge < -0.3 is 35.2 Å². The van der Waals surface area contributed by atoms with E-state index < -0.39 is 59.9 Å². The smallest absolute Gasteiger partial charge is 0.394 e. The van der Waals surface area contributed by atoms with Gasteiger partial charge in [0, 0.05) is 6.42 Å². The number of allylic oxidation sites excluding steroid dienone is 2. The number of unbranched alkanes of at least 4 members (excludes halogenated alkanes) is 23. The molecule has 0 spiro atoms. The van der Waals surface area contributed by atoms with E-state index in [0.29, 0.717) is 12.8 Å². The van der Waals surface area contributed by atoms with Gasteiger partial charge in [0.2, 0.25) is 5.91 Å². The van der Waals surface area contributed by atoms with E-state index in [0.717, 1.165) is 51.4 Å². The molecule has 0 aliphatic carbocycles. The summed E-state index contributed by atoms with van der Waals surface area (Å²) in [5.41, 5.74) is 0. The van der Waals surface area contributed by atoms with E-state index in [-0.39, 0.29) is 18.9 Å². The van der Waals surface area contributed by atoms with E-state index in [1.165, 1.54) is 109 Å². The number of aliphatic hydroxyl groups excluding tert-OH is 4. The van der Waals surface area contributed by atoms with Crippen LogP contribution in [0.3, 0.4) is 0 Å². The number of nitrogens with one attached hydrogen (secondary N) is 1. The van der Waals surface area contributed by atoms with Crippen LogP contribution >= 0.6 is 0 Å². The Morgan fingerprint density at radius 2 is 1.16 bits per heavy atom. The third-order valence-electron chi connectivity index (χ3n) is 10.6. The van der Waals surface area contributed by atoms with E-state index >= 15 is 0 Å². The number of hydrogen-bond acceptors (Lipinski definition) is 10. The highest BCUT2D eigenvalue weighted by Crippen LogP contribution is 2.26. The molecule has 0 radical (unpaired) electrons. The van der Waals surface area contributed by atoms with Crippen molar-refractivity contribution in [3.05, 3.63) is 12.2 Å². The Bertz CT molecular complexity index is 1050. The highest BCUT2D eigenvalue weighted by molar-refractivity contribution is 7.80. The maximum atomic E-state index is 13.0. The third kappa shape index (κ3) is 27.2. The number of ether oxygens (including phenoxy) is 2. The van der Waals surface area contributed by atoms with Gasteiger partial charge in [0.25, 0.3) is 0 Å². The van der Waals surface area contributed by atoms with Gasteiger partial charge in [0.1, 0.15) is 24.4 Å². The summed E-state index contributed by atoms with van der Waals surface area (Å²) in [6.07, 6.45) is 26.6. The van der Waals surface area contributed by atoms with Crippen molar-refractivity contribution in [3.8, 4) is 0 Å². The van der Waals surface area contributed by atoms with E-state index in [2.05, 4.69) is 35.5 Å². The fourth-order valence-corrected chi connectivity index (χ4v) is 7.61. The molecule has 1 fully saturated rings. The molecule has 1 heterocycles. The summed E-state index contributed by atoms with van der Waals surface area (Å²) in [4.78, 5) is 13.0. The van der Waals surface area contributed by atoms with Crippen LogP contribution in [-0.2, 0) is 28.9 Å². The average Bonchev–Trinajstić information content (AvgIpc) is 3.15. The first-order valence-electron chi connectivity index (χ1n) is 22.1. The number of carbonyl (C=O) groups is 1. The lowest BCUT2D eigenvalue weighted by Crippen LogP contribution is -2.61. The van der Waals surface area contributed by atoms with Crippen LogP contribution in [0.25, 0.3) is 0 Å². The number of hydrogen-bond donors (Lipinski definition) is 6. The molecule has 1 amide bonds. The molecule has 13 heteroatoms. The topological polar surface area (TPSA) is 192 Å². The van der Waals surface area contributed by atoms with Crippen LogP contribution in [0.5, 0.6) is 0 Å². The van der Waals surface area contributed by atoms with Gasteiger partial charge in [-0.1, -0.05) is 161 Å². The molecule has 0 aromatic rings. The predicted octanol–water partition coefficient (Wildman–Crippen LogP) is 7.99. The Labute approximate surface area is 334 Å². The molecule has 0 aromatic heterocycles. The van der Waals surface area contributed by atoms with Crippen molar-refractivity contribution in [2.45, 2.75) is 236 Å². The van der Waals surface area contributed by atoms with Gasteiger partial charge in [-0.3, -0.25) is 9.35 Å². The van der Waals surface area contributed by atoms with E-state index in [9.17, 15) is 33.6 Å². The van der Waals surface area contributed by atoms with Crippen LogP contribution in [0, 0.1) is 0 Å². The number of rotatable bonds is 37. The normalized spacial score (nSPS) is 21.6. The molecule has 1 saturated heterocycles. The number of aliphatic hydroxyl groups is 4. The van der Waals surface area contributed by atoms with Crippen LogP contribution < -0.4 is 5.32 Å². The second kappa shape index (κ2) is 33.8. The van der Waals surface area contributed by atoms with Gasteiger partial charge >= 0.3 is 10.4 Å². The standard InChI is InChI=1S/C42H81NO11S/c1-3-5-7-9-11-13-14-15-16-17-18-19-20-21-22-24-26-28-30-32-38(46)43-35(36(45)31-29-27-25-23-12-10-8-6-4-2)34-52-42-40(48)41(54-55(49,50)51)39(47)37(33-44)53-42/h17-18,35-37,39-42,44-45,47-48H,3-16,19-34H2,1-2H3,(H,43,46)(H,49,50,51)/b18-17-. The highest BCUT2D eigenvalue weighted by Gasteiger charge is 2.48. The van der Waals surface area contributed by atoms with Crippen molar-refractivity contribution >= 4 is 16.3 Å². The summed E-state index contributed by atoms with van der Waals surface area (Å²) in [5, 5.41) is 44.6. The van der Waals surface area contributed by atoms with Crippen LogP contribution in [0.15, 0.2) is 12.2 Å². The minimum absolute atomic E-state index is 0.236. The van der Waals surface area contributed by atoms with Gasteiger partial charge in [-0.15, -0.1) is 0 Å². The third-order valence-corrected chi connectivity index (χ3v) is 11.0. The summed E-state index contributed by atoms with van der Waals surface area (Å²) in [5.74, 6) is -0.236. The minimum atomic E-state index is -5.07. The van der Waals surface area contributed by atoms with Crippen LogP contribution in [0.4, 0.5) is 0 Å². The molecule has 55 heavy (non-hydrogen) atoms. The van der Waals surface area contributed by atoms with Gasteiger partial charge in [-0.2, -0.15) is 8.42 Å². The fraction of sp³-hybridized carbons (Fsp3) is 0.929. The molecular formula is C42H81NO11S. The summed E-state index contributed by atoms with van der Waals surface area (Å²) < 4.78 is 47.5. The lowest BCUT2D eigenvalue weighted by atomic mass is 9.99. The second-order valence-corrected chi connectivity index (χ2v) is 16.7. The van der Waals surface area contributed by atoms with E-state index in [1.807, 2.05) is 0 Å². The Morgan fingerprint density at radius 3 is 1.64 bits per heavy atom. The van der Waals surface area contributed by atoms with E-state index in [4.69, 9.17) is 14.0 Å². The molecule has 326 valence electrons. The molecule has 6 N–H and O–H groups in total. The molecule has 0 bridgehead atoms. The van der Waals surface area contributed by atoms with Gasteiger partial charge in [-0.25, -0.2) is 4.18 Å². The first-order valence-corrected chi connectivity index (χ1v) is 23.4. The van der Waals surface area contributed by atoms with Crippen molar-refractivity contribution < 1.29 is 51.8 Å². The van der Waals surface area contributed by atoms with Crippen molar-refractivity contribution in [2.24, 2.45) is 0 Å². The summed E-state index contributed by atoms with van der Waals surface area (Å²) in [6, 6.07) is -0.855. The Morgan fingerprint density at radius 1 is 0.709 bits per heavy atom. The van der Waals surface area contributed by atoms with Crippen molar-refractivity contribution in [2.75, 3.05) is 13.2 Å². The molecule has 1 aliphatic rings. The summed E-state index contributed by atoms with van der Waals surface area (Å²) in [6.45, 7) is 3.40. The molecule has 1 aliphatic heterocycles. The maximum Gasteiger partial charge on any atom is 0.397 e. The van der Waals surface area contributed by atoms with Crippen molar-refractivity contribution in [3.63, 3.8) is 0 Å². The van der Waals surface area contributed by atoms with Gasteiger partial charge in [0.05, 0.1) is 25.4 Å². The molecule has 1 rings (SSSR count). The summed E-state index contributed by atoms with van der Waals surface area (Å²) in [7, 11) is -5.07. The largest absolute Gasteiger partial charge is 0.397 e. The first-order chi connectivity index (χ1) is 26.5. The Kier molecular flexibility index (Phi) is 31.8. The zero-order valence-corrected chi connectivity index (χ0v) is 35.3. The zero-order chi connectivity index (χ0) is 40.6. The lowest BCUT2D eigenvalue weighted by Gasteiger charge is -2.41. The molecule has 7 atom stereocenters. The number of carbonyl (C=O) groups excluding carboxylic acids is 1. The second-order valence-electron chi connectivity index (χ2n) is 15.6. The molecule has 7 unspecified atom stereocenters. The Hall–Kier alpha value is -1.16. The zero-order valence-electron chi connectivity index (χ0n) is 34.5. The monoisotopic (exact) mass is 808 g/mol. The van der Waals surface area contributed by atoms with Crippen molar-refractivity contribution in [1.82, 2.24) is 5.32 Å². The number of amides is 1. The van der Waals surface area contributed by atoms with Gasteiger partial charge in [0.15, 0.2) is 6.29 Å².